The number of aromatic nitrogens is 3. The van der Waals surface area contributed by atoms with Gasteiger partial charge in [0, 0.05) is 38.2 Å². The minimum Gasteiger partial charge on any atom is -0.477 e. The Balaban J connectivity index is 1.61. The number of thioether (sulfide) groups is 2. The van der Waals surface area contributed by atoms with Crippen molar-refractivity contribution in [3.8, 4) is 0 Å². The zero-order valence-corrected chi connectivity index (χ0v) is 26.9. The number of nitrogens with zero attached hydrogens (tertiary/aromatic N) is 5. The third kappa shape index (κ3) is 5.52. The average molecular weight is 704 g/mol. The summed E-state index contributed by atoms with van der Waals surface area (Å²) in [4.78, 5) is 104. The molecule has 2 fully saturated rings. The van der Waals surface area contributed by atoms with Gasteiger partial charge in [0.25, 0.3) is 5.91 Å². The fourth-order valence-corrected chi connectivity index (χ4v) is 7.96. The van der Waals surface area contributed by atoms with Crippen molar-refractivity contribution < 1.29 is 39.1 Å². The monoisotopic (exact) mass is 703 g/mol. The molecule has 4 heterocycles. The Morgan fingerprint density at radius 3 is 2.56 bits per heavy atom. The van der Waals surface area contributed by atoms with E-state index in [9.17, 15) is 48.7 Å². The first-order valence-electron chi connectivity index (χ1n) is 14.2. The molecule has 0 aliphatic carbocycles. The lowest BCUT2D eigenvalue weighted by atomic mass is 9.75. The van der Waals surface area contributed by atoms with Crippen LogP contribution in [0.3, 0.4) is 0 Å². The summed E-state index contributed by atoms with van der Waals surface area (Å²) in [6.07, 6.45) is 1.33. The van der Waals surface area contributed by atoms with Crippen LogP contribution in [0.1, 0.15) is 29.7 Å². The van der Waals surface area contributed by atoms with Gasteiger partial charge in [-0.2, -0.15) is 5.48 Å². The molecule has 48 heavy (non-hydrogen) atoms. The standard InChI is InChI=1S/C27H29N9O10S2/c1-3-34-8-9-35(21(41)20(34)40)25(45)29-16(17(28)37)13-6-4-5-12(11-48-26-31-30-18(38)19(39)33(26)2)15(13)27(32-46)23(44)36-14(22(42)43)7-10-47-24(27)36/h4-7,16,24,32,46H,3,8-11H2,1-2H3,(H2,28,37)(H,29,45)(H,30,38)(H,42,43)/t16?,24-,27-/m0/s1. The predicted octanol–water partition coefficient (Wildman–Crippen LogP) is -2.25. The molecule has 19 nitrogen and oxygen atoms in total. The summed E-state index contributed by atoms with van der Waals surface area (Å²) >= 11 is 2.04. The van der Waals surface area contributed by atoms with Gasteiger partial charge in [-0.15, -0.1) is 16.9 Å². The van der Waals surface area contributed by atoms with E-state index < -0.39 is 63.7 Å². The molecule has 2 aromatic rings. The number of carbonyl (C=O) groups excluding carboxylic acids is 5. The van der Waals surface area contributed by atoms with Crippen LogP contribution in [-0.4, -0.2) is 106 Å². The number of primary amides is 1. The summed E-state index contributed by atoms with van der Waals surface area (Å²) < 4.78 is 0.993. The maximum Gasteiger partial charge on any atom is 0.352 e. The van der Waals surface area contributed by atoms with Gasteiger partial charge in [-0.3, -0.25) is 43.1 Å². The quantitative estimate of drug-likeness (QED) is 0.0660. The van der Waals surface area contributed by atoms with Crippen LogP contribution in [0, 0.1) is 0 Å². The van der Waals surface area contributed by atoms with Crippen LogP contribution >= 0.6 is 23.5 Å². The third-order valence-corrected chi connectivity index (χ3v) is 10.4. The maximum absolute atomic E-state index is 14.0. The highest BCUT2D eigenvalue weighted by Crippen LogP contribution is 2.52. The van der Waals surface area contributed by atoms with Crippen molar-refractivity contribution in [3.05, 3.63) is 67.4 Å². The van der Waals surface area contributed by atoms with Crippen molar-refractivity contribution in [2.24, 2.45) is 12.8 Å². The number of likely N-dealkylation sites (N-methyl/N-ethyl adjacent to an activating group) is 1. The normalized spacial score (nSPS) is 21.3. The molecule has 0 bridgehead atoms. The van der Waals surface area contributed by atoms with Gasteiger partial charge < -0.3 is 26.3 Å². The molecule has 1 aromatic carbocycles. The number of β-lactam (4-membered cyclic amide) rings is 1. The second-order valence-corrected chi connectivity index (χ2v) is 12.7. The number of amides is 6. The molecule has 5 rings (SSSR count). The minimum atomic E-state index is -2.09. The lowest BCUT2D eigenvalue weighted by Crippen LogP contribution is -2.76. The number of nitrogens with two attached hydrogens (primary N) is 1. The Hall–Kier alpha value is -4.99. The fourth-order valence-electron chi connectivity index (χ4n) is 5.73. The second kappa shape index (κ2) is 13.3. The molecule has 21 heteroatoms. The van der Waals surface area contributed by atoms with Crippen LogP contribution in [-0.2, 0) is 42.3 Å². The predicted molar refractivity (Wildman–Crippen MR) is 166 cm³/mol. The highest BCUT2D eigenvalue weighted by molar-refractivity contribution is 8.00. The Labute approximate surface area is 278 Å². The molecule has 6 amide bonds. The van der Waals surface area contributed by atoms with Crippen LogP contribution in [0.25, 0.3) is 0 Å². The van der Waals surface area contributed by atoms with Crippen LogP contribution in [0.4, 0.5) is 4.79 Å². The number of imide groups is 1. The van der Waals surface area contributed by atoms with Gasteiger partial charge >= 0.3 is 34.9 Å². The van der Waals surface area contributed by atoms with Crippen molar-refractivity contribution in [2.75, 3.05) is 25.4 Å². The average Bonchev–Trinajstić information content (AvgIpc) is 3.07. The van der Waals surface area contributed by atoms with E-state index in [4.69, 9.17) is 5.73 Å². The number of carbonyl (C=O) groups is 6. The highest BCUT2D eigenvalue weighted by Gasteiger charge is 2.66. The first-order chi connectivity index (χ1) is 22.8. The Kier molecular flexibility index (Phi) is 9.48. The largest absolute Gasteiger partial charge is 0.477 e. The lowest BCUT2D eigenvalue weighted by Gasteiger charge is -2.56. The number of hydrogen-bond donors (Lipinski definition) is 6. The molecule has 2 saturated heterocycles. The van der Waals surface area contributed by atoms with Crippen molar-refractivity contribution >= 4 is 59.2 Å². The summed E-state index contributed by atoms with van der Waals surface area (Å²) in [7, 11) is 1.32. The van der Waals surface area contributed by atoms with Crippen molar-refractivity contribution in [1.82, 2.24) is 40.3 Å². The smallest absolute Gasteiger partial charge is 0.352 e. The number of fused-ring (bicyclic) bond motifs is 1. The molecule has 0 radical (unpaired) electrons. The zero-order chi connectivity index (χ0) is 35.1. The number of H-pyrrole nitrogens is 1. The molecule has 3 aliphatic heterocycles. The first-order valence-corrected chi connectivity index (χ1v) is 16.2. The number of hydrogen-bond acceptors (Lipinski definition) is 13. The number of piperazine rings is 1. The molecule has 0 spiro atoms. The van der Waals surface area contributed by atoms with Gasteiger partial charge in [0.05, 0.1) is 0 Å². The summed E-state index contributed by atoms with van der Waals surface area (Å²) in [6, 6.07) is 1.48. The van der Waals surface area contributed by atoms with E-state index >= 15 is 0 Å². The fraction of sp³-hybridized carbons (Fsp3) is 0.370. The highest BCUT2D eigenvalue weighted by atomic mass is 32.2. The summed E-state index contributed by atoms with van der Waals surface area (Å²) in [5.74, 6) is -5.45. The van der Waals surface area contributed by atoms with Gasteiger partial charge in [0.2, 0.25) is 5.91 Å². The SMILES string of the molecule is CCN1CCN(C(=O)NC(C(N)=O)c2cccc(CSc3n[nH]c(=O)c(=O)n3C)c2[C@]2(NO)C(=O)N3C(C(=O)O)=CCS[C@H]32)C(=O)C1=O. The number of hydroxylamine groups is 1. The van der Waals surface area contributed by atoms with Gasteiger partial charge in [0.15, 0.2) is 10.7 Å². The van der Waals surface area contributed by atoms with Gasteiger partial charge in [-0.1, -0.05) is 30.0 Å². The topological polar surface area (TPSA) is 270 Å². The molecule has 3 atom stereocenters. The minimum absolute atomic E-state index is 0.0508. The van der Waals surface area contributed by atoms with E-state index in [1.165, 1.54) is 36.2 Å². The van der Waals surface area contributed by atoms with Crippen LogP contribution < -0.4 is 27.6 Å². The number of nitrogens with one attached hydrogen (secondary N) is 3. The van der Waals surface area contributed by atoms with E-state index in [0.717, 1.165) is 33.0 Å². The molecule has 1 aromatic heterocycles. The van der Waals surface area contributed by atoms with E-state index in [0.29, 0.717) is 4.90 Å². The van der Waals surface area contributed by atoms with E-state index in [1.54, 1.807) is 6.92 Å². The number of benzene rings is 1. The zero-order valence-electron chi connectivity index (χ0n) is 25.3. The number of rotatable bonds is 10. The van der Waals surface area contributed by atoms with E-state index in [-0.39, 0.29) is 58.7 Å². The number of urea groups is 1. The van der Waals surface area contributed by atoms with Gasteiger partial charge in [-0.05, 0) is 29.7 Å². The molecule has 1 unspecified atom stereocenters. The van der Waals surface area contributed by atoms with E-state index in [2.05, 4.69) is 15.5 Å². The Morgan fingerprint density at radius 2 is 1.92 bits per heavy atom. The first kappa shape index (κ1) is 34.3. The van der Waals surface area contributed by atoms with Crippen LogP contribution in [0.15, 0.2) is 44.7 Å². The summed E-state index contributed by atoms with van der Waals surface area (Å²) in [5, 5.41) is 27.8. The van der Waals surface area contributed by atoms with Crippen molar-refractivity contribution in [1.29, 1.82) is 0 Å². The number of aliphatic carboxylic acids is 1. The van der Waals surface area contributed by atoms with Crippen LogP contribution in [0.5, 0.6) is 0 Å². The molecule has 0 saturated carbocycles. The Bertz CT molecular complexity index is 1900. The molecule has 254 valence electrons. The second-order valence-electron chi connectivity index (χ2n) is 10.7. The van der Waals surface area contributed by atoms with Crippen molar-refractivity contribution in [2.45, 2.75) is 34.8 Å². The Morgan fingerprint density at radius 1 is 1.19 bits per heavy atom. The molecule has 7 N–H and O–H groups in total. The molecular formula is C27H29N9O10S2. The summed E-state index contributed by atoms with van der Waals surface area (Å²) in [6.45, 7) is 1.77. The van der Waals surface area contributed by atoms with Crippen molar-refractivity contribution in [3.63, 3.8) is 0 Å². The number of carboxylic acids is 1. The number of carboxylic acid groups (broad SMARTS) is 1. The summed E-state index contributed by atoms with van der Waals surface area (Å²) in [5.41, 5.74) is 3.65. The molecule has 3 aliphatic rings. The van der Waals surface area contributed by atoms with Gasteiger partial charge in [-0.25, -0.2) is 14.7 Å². The third-order valence-electron chi connectivity index (χ3n) is 8.12. The number of aromatic amines is 1. The van der Waals surface area contributed by atoms with Crippen LogP contribution in [0.2, 0.25) is 0 Å². The lowest BCUT2D eigenvalue weighted by molar-refractivity contribution is -0.166. The maximum atomic E-state index is 14.0. The molecular weight excluding hydrogens is 674 g/mol. The van der Waals surface area contributed by atoms with E-state index in [1.807, 2.05) is 5.48 Å². The van der Waals surface area contributed by atoms with Gasteiger partial charge in [0.1, 0.15) is 17.1 Å².